The van der Waals surface area contributed by atoms with Crippen LogP contribution in [0.5, 0.6) is 0 Å². The summed E-state index contributed by atoms with van der Waals surface area (Å²) in [6.07, 6.45) is 3.28. The predicted molar refractivity (Wildman–Crippen MR) is 113 cm³/mol. The van der Waals surface area contributed by atoms with Gasteiger partial charge in [0.1, 0.15) is 10.6 Å². The molecule has 28 heavy (non-hydrogen) atoms. The van der Waals surface area contributed by atoms with E-state index in [0.717, 1.165) is 42.0 Å². The Labute approximate surface area is 170 Å². The molecule has 1 fully saturated rings. The van der Waals surface area contributed by atoms with Crippen molar-refractivity contribution in [3.63, 3.8) is 0 Å². The van der Waals surface area contributed by atoms with Crippen molar-refractivity contribution in [1.82, 2.24) is 4.90 Å². The fourth-order valence-corrected chi connectivity index (χ4v) is 4.89. The number of carbonyl (C=O) groups excluding carboxylic acids is 2. The van der Waals surface area contributed by atoms with Crippen molar-refractivity contribution in [3.8, 4) is 0 Å². The molecule has 144 valence electrons. The van der Waals surface area contributed by atoms with Gasteiger partial charge in [0.2, 0.25) is 0 Å². The number of nitrogens with zero attached hydrogens (tertiary/aromatic N) is 2. The first-order chi connectivity index (χ1) is 13.6. The molecule has 2 aromatic rings. The van der Waals surface area contributed by atoms with Gasteiger partial charge in [0, 0.05) is 18.0 Å². The Morgan fingerprint density at radius 1 is 0.857 bits per heavy atom. The monoisotopic (exact) mass is 392 g/mol. The van der Waals surface area contributed by atoms with E-state index in [1.807, 2.05) is 62.4 Å². The van der Waals surface area contributed by atoms with Gasteiger partial charge >= 0.3 is 0 Å². The summed E-state index contributed by atoms with van der Waals surface area (Å²) in [6.45, 7) is 5.62. The Kier molecular flexibility index (Phi) is 5.27. The first kappa shape index (κ1) is 18.8. The molecule has 0 radical (unpaired) electrons. The van der Waals surface area contributed by atoms with E-state index >= 15 is 0 Å². The molecule has 2 aliphatic rings. The fraction of sp³-hybridized carbons (Fsp3) is 0.304. The van der Waals surface area contributed by atoms with Crippen molar-refractivity contribution in [2.24, 2.45) is 0 Å². The first-order valence-corrected chi connectivity index (χ1v) is 10.6. The largest absolute Gasteiger partial charge is 0.366 e. The minimum atomic E-state index is -0.216. The van der Waals surface area contributed by atoms with Crippen LogP contribution in [0.25, 0.3) is 0 Å². The molecule has 0 unspecified atom stereocenters. The Hall–Kier alpha value is -2.53. The molecule has 0 aromatic heterocycles. The Morgan fingerprint density at radius 3 is 2.25 bits per heavy atom. The van der Waals surface area contributed by atoms with Gasteiger partial charge in [-0.1, -0.05) is 47.7 Å². The number of aryl methyl sites for hydroxylation is 2. The summed E-state index contributed by atoms with van der Waals surface area (Å²) in [7, 11) is 0. The first-order valence-electron chi connectivity index (χ1n) is 9.74. The average molecular weight is 393 g/mol. The van der Waals surface area contributed by atoms with Gasteiger partial charge in [-0.3, -0.25) is 9.59 Å². The Morgan fingerprint density at radius 2 is 1.57 bits per heavy atom. The number of hydrogen-bond acceptors (Lipinski definition) is 4. The highest BCUT2D eigenvalue weighted by molar-refractivity contribution is 8.04. The van der Waals surface area contributed by atoms with Crippen molar-refractivity contribution >= 4 is 29.3 Å². The molecule has 0 N–H and O–H groups in total. The molecule has 0 saturated carbocycles. The number of rotatable bonds is 4. The van der Waals surface area contributed by atoms with E-state index in [-0.39, 0.29) is 11.8 Å². The van der Waals surface area contributed by atoms with E-state index < -0.39 is 0 Å². The quantitative estimate of drug-likeness (QED) is 0.709. The average Bonchev–Trinajstić information content (AvgIpc) is 2.94. The predicted octanol–water partition coefficient (Wildman–Crippen LogP) is 4.67. The summed E-state index contributed by atoms with van der Waals surface area (Å²) >= 11 is 1.40. The van der Waals surface area contributed by atoms with Gasteiger partial charge in [0.05, 0.1) is 5.69 Å². The summed E-state index contributed by atoms with van der Waals surface area (Å²) in [5.74, 6) is -0.413. The molecule has 2 aliphatic heterocycles. The maximum Gasteiger partial charge on any atom is 0.283 e. The van der Waals surface area contributed by atoms with Crippen LogP contribution in [0.4, 0.5) is 5.69 Å². The summed E-state index contributed by atoms with van der Waals surface area (Å²) in [5.41, 5.74) is 3.30. The van der Waals surface area contributed by atoms with E-state index in [2.05, 4.69) is 4.90 Å². The van der Waals surface area contributed by atoms with Gasteiger partial charge in [-0.2, -0.15) is 0 Å². The van der Waals surface area contributed by atoms with Gasteiger partial charge < -0.3 is 4.90 Å². The second kappa shape index (κ2) is 7.84. The molecule has 0 aliphatic carbocycles. The second-order valence-corrected chi connectivity index (χ2v) is 8.46. The molecular weight excluding hydrogens is 368 g/mol. The minimum Gasteiger partial charge on any atom is -0.366 e. The highest BCUT2D eigenvalue weighted by Crippen LogP contribution is 2.40. The zero-order chi connectivity index (χ0) is 19.7. The number of hydrogen-bond donors (Lipinski definition) is 0. The van der Waals surface area contributed by atoms with E-state index in [4.69, 9.17) is 0 Å². The summed E-state index contributed by atoms with van der Waals surface area (Å²) in [5, 5.41) is 0. The normalized spacial score (nSPS) is 17.6. The number of imide groups is 1. The van der Waals surface area contributed by atoms with E-state index in [1.165, 1.54) is 23.1 Å². The smallest absolute Gasteiger partial charge is 0.283 e. The van der Waals surface area contributed by atoms with Gasteiger partial charge in [0.25, 0.3) is 11.8 Å². The number of carbonyl (C=O) groups is 2. The van der Waals surface area contributed by atoms with Crippen LogP contribution < -0.4 is 4.90 Å². The summed E-state index contributed by atoms with van der Waals surface area (Å²) in [6, 6.07) is 15.6. The second-order valence-electron chi connectivity index (χ2n) is 7.38. The lowest BCUT2D eigenvalue weighted by atomic mass is 10.1. The van der Waals surface area contributed by atoms with Crippen LogP contribution in [0, 0.1) is 13.8 Å². The van der Waals surface area contributed by atoms with Gasteiger partial charge in [-0.15, -0.1) is 0 Å². The van der Waals surface area contributed by atoms with Crippen LogP contribution in [0.1, 0.15) is 30.4 Å². The summed E-state index contributed by atoms with van der Waals surface area (Å²) < 4.78 is 0. The van der Waals surface area contributed by atoms with Crippen molar-refractivity contribution in [2.45, 2.75) is 38.0 Å². The van der Waals surface area contributed by atoms with E-state index in [0.29, 0.717) is 16.3 Å². The third-order valence-corrected chi connectivity index (χ3v) is 6.33. The highest BCUT2D eigenvalue weighted by Gasteiger charge is 2.43. The van der Waals surface area contributed by atoms with E-state index in [9.17, 15) is 9.59 Å². The lowest BCUT2D eigenvalue weighted by Crippen LogP contribution is -2.37. The van der Waals surface area contributed by atoms with Crippen LogP contribution in [0.15, 0.2) is 64.0 Å². The molecule has 2 amide bonds. The van der Waals surface area contributed by atoms with Gasteiger partial charge in [0.15, 0.2) is 0 Å². The lowest BCUT2D eigenvalue weighted by Gasteiger charge is -2.29. The molecule has 2 heterocycles. The van der Waals surface area contributed by atoms with Crippen LogP contribution in [0.3, 0.4) is 0 Å². The third kappa shape index (κ3) is 3.47. The van der Waals surface area contributed by atoms with Crippen molar-refractivity contribution in [3.05, 3.63) is 70.3 Å². The standard InChI is InChI=1S/C23H24N2O2S/c1-16-11-12-19(17(2)15-16)25-22(26)20(24-13-7-4-8-14-24)21(23(25)27)28-18-9-5-3-6-10-18/h3,5-6,9-12,15H,4,7-8,13-14H2,1-2H3. The van der Waals surface area contributed by atoms with Crippen molar-refractivity contribution in [1.29, 1.82) is 0 Å². The lowest BCUT2D eigenvalue weighted by molar-refractivity contribution is -0.121. The Bertz CT molecular complexity index is 946. The number of likely N-dealkylation sites (tertiary alicyclic amines) is 1. The van der Waals surface area contributed by atoms with Crippen LogP contribution in [-0.4, -0.2) is 29.8 Å². The maximum absolute atomic E-state index is 13.4. The van der Waals surface area contributed by atoms with E-state index in [1.54, 1.807) is 0 Å². The molecule has 2 aromatic carbocycles. The van der Waals surface area contributed by atoms with Crippen molar-refractivity contribution in [2.75, 3.05) is 18.0 Å². The molecule has 1 saturated heterocycles. The molecule has 5 heteroatoms. The molecule has 4 nitrogen and oxygen atoms in total. The zero-order valence-electron chi connectivity index (χ0n) is 16.3. The van der Waals surface area contributed by atoms with Crippen LogP contribution in [-0.2, 0) is 9.59 Å². The van der Waals surface area contributed by atoms with Gasteiger partial charge in [-0.25, -0.2) is 4.90 Å². The number of thioether (sulfide) groups is 1. The fourth-order valence-electron chi connectivity index (χ4n) is 3.87. The molecule has 0 bridgehead atoms. The molecule has 0 atom stereocenters. The van der Waals surface area contributed by atoms with Crippen LogP contribution >= 0.6 is 11.8 Å². The molecule has 0 spiro atoms. The molecule has 4 rings (SSSR count). The topological polar surface area (TPSA) is 40.6 Å². The third-order valence-electron chi connectivity index (χ3n) is 5.25. The number of benzene rings is 2. The Balaban J connectivity index is 1.76. The van der Waals surface area contributed by atoms with Crippen LogP contribution in [0.2, 0.25) is 0 Å². The summed E-state index contributed by atoms with van der Waals surface area (Å²) in [4.78, 5) is 31.8. The number of amides is 2. The van der Waals surface area contributed by atoms with Gasteiger partial charge in [-0.05, 0) is 56.9 Å². The maximum atomic E-state index is 13.4. The number of anilines is 1. The molecular formula is C23H24N2O2S. The number of piperidine rings is 1. The minimum absolute atomic E-state index is 0.197. The zero-order valence-corrected chi connectivity index (χ0v) is 17.1. The SMILES string of the molecule is Cc1ccc(N2C(=O)C(Sc3ccccc3)=C(N3CCCCC3)C2=O)c(C)c1. The highest BCUT2D eigenvalue weighted by atomic mass is 32.2. The van der Waals surface area contributed by atoms with Crippen molar-refractivity contribution < 1.29 is 9.59 Å².